The van der Waals surface area contributed by atoms with Gasteiger partial charge in [0, 0.05) is 32.4 Å². The van der Waals surface area contributed by atoms with Crippen molar-refractivity contribution in [3.8, 4) is 5.95 Å². The van der Waals surface area contributed by atoms with Gasteiger partial charge in [-0.1, -0.05) is 0 Å². The van der Waals surface area contributed by atoms with Crippen molar-refractivity contribution in [3.05, 3.63) is 47.0 Å². The van der Waals surface area contributed by atoms with Gasteiger partial charge in [0.1, 0.15) is 24.2 Å². The topological polar surface area (TPSA) is 109 Å². The number of nitrogens with one attached hydrogen (secondary N) is 1. The minimum Gasteiger partial charge on any atom is -0.381 e. The minimum absolute atomic E-state index is 0.102. The monoisotopic (exact) mass is 425 g/mol. The standard InChI is InChI=1S/C20H20FN7O3/c1-22-17(29)10-26-16-9-23-19(27-11-24-14-3-2-12(21)8-15(14)27)25-18(16)28(20(26)30)13-4-6-31-7-5-13/h2-3,8-9,11,13H,4-7,10H2,1H3,(H,22,29). The summed E-state index contributed by atoms with van der Waals surface area (Å²) in [5.74, 6) is -0.432. The van der Waals surface area contributed by atoms with Crippen molar-refractivity contribution in [3.63, 3.8) is 0 Å². The van der Waals surface area contributed by atoms with Crippen LogP contribution in [0.5, 0.6) is 0 Å². The number of carbonyl (C=O) groups excluding carboxylic acids is 1. The largest absolute Gasteiger partial charge is 0.381 e. The molecule has 0 spiro atoms. The van der Waals surface area contributed by atoms with Crippen molar-refractivity contribution in [2.75, 3.05) is 20.3 Å². The molecule has 1 fully saturated rings. The van der Waals surface area contributed by atoms with Crippen LogP contribution < -0.4 is 11.0 Å². The van der Waals surface area contributed by atoms with E-state index in [-0.39, 0.29) is 30.1 Å². The Bertz CT molecular complexity index is 1350. The molecule has 0 bridgehead atoms. The van der Waals surface area contributed by atoms with Crippen LogP contribution in [0.1, 0.15) is 18.9 Å². The Kier molecular flexibility index (Phi) is 4.74. The molecule has 3 aromatic heterocycles. The molecule has 160 valence electrons. The zero-order valence-electron chi connectivity index (χ0n) is 16.8. The first-order valence-corrected chi connectivity index (χ1v) is 9.96. The number of carbonyl (C=O) groups is 1. The summed E-state index contributed by atoms with van der Waals surface area (Å²) in [5.41, 5.74) is 1.68. The predicted octanol–water partition coefficient (Wildman–Crippen LogP) is 1.17. The van der Waals surface area contributed by atoms with Crippen LogP contribution in [0.3, 0.4) is 0 Å². The van der Waals surface area contributed by atoms with Gasteiger partial charge in [0.2, 0.25) is 11.9 Å². The Morgan fingerprint density at radius 3 is 2.84 bits per heavy atom. The van der Waals surface area contributed by atoms with Gasteiger partial charge in [0.25, 0.3) is 0 Å². The number of hydrogen-bond acceptors (Lipinski definition) is 6. The van der Waals surface area contributed by atoms with Crippen molar-refractivity contribution in [2.45, 2.75) is 25.4 Å². The molecule has 0 radical (unpaired) electrons. The first-order chi connectivity index (χ1) is 15.1. The van der Waals surface area contributed by atoms with Crippen LogP contribution in [0, 0.1) is 5.82 Å². The number of benzene rings is 1. The van der Waals surface area contributed by atoms with Crippen LogP contribution in [0.4, 0.5) is 4.39 Å². The Hall–Kier alpha value is -3.60. The number of imidazole rings is 2. The molecule has 0 atom stereocenters. The molecule has 1 saturated heterocycles. The maximum atomic E-state index is 13.8. The molecule has 1 aliphatic rings. The number of nitrogens with zero attached hydrogens (tertiary/aromatic N) is 6. The Morgan fingerprint density at radius 2 is 2.06 bits per heavy atom. The molecule has 11 heteroatoms. The summed E-state index contributed by atoms with van der Waals surface area (Å²) >= 11 is 0. The molecule has 1 N–H and O–H groups in total. The number of aromatic nitrogens is 6. The highest BCUT2D eigenvalue weighted by Gasteiger charge is 2.25. The highest BCUT2D eigenvalue weighted by Crippen LogP contribution is 2.25. The molecule has 5 rings (SSSR count). The molecule has 1 amide bonds. The van der Waals surface area contributed by atoms with Gasteiger partial charge in [-0.3, -0.25) is 18.5 Å². The normalized spacial score (nSPS) is 15.0. The maximum absolute atomic E-state index is 13.8. The number of halogens is 1. The number of ether oxygens (including phenoxy) is 1. The lowest BCUT2D eigenvalue weighted by Crippen LogP contribution is -2.34. The van der Waals surface area contributed by atoms with E-state index in [9.17, 15) is 14.0 Å². The van der Waals surface area contributed by atoms with Crippen LogP contribution in [0.25, 0.3) is 28.1 Å². The Morgan fingerprint density at radius 1 is 1.26 bits per heavy atom. The molecule has 31 heavy (non-hydrogen) atoms. The third-order valence-electron chi connectivity index (χ3n) is 5.55. The average Bonchev–Trinajstić information content (AvgIpc) is 3.32. The van der Waals surface area contributed by atoms with Crippen molar-refractivity contribution < 1.29 is 13.9 Å². The highest BCUT2D eigenvalue weighted by molar-refractivity contribution is 5.80. The summed E-state index contributed by atoms with van der Waals surface area (Å²) in [6, 6.07) is 4.18. The Labute approximate surface area is 175 Å². The summed E-state index contributed by atoms with van der Waals surface area (Å²) in [4.78, 5) is 38.6. The van der Waals surface area contributed by atoms with Crippen LogP contribution in [0.15, 0.2) is 35.5 Å². The van der Waals surface area contributed by atoms with Gasteiger partial charge in [-0.25, -0.2) is 19.2 Å². The van der Waals surface area contributed by atoms with Crippen LogP contribution in [0.2, 0.25) is 0 Å². The number of hydrogen-bond donors (Lipinski definition) is 1. The summed E-state index contributed by atoms with van der Waals surface area (Å²) in [7, 11) is 1.52. The third-order valence-corrected chi connectivity index (χ3v) is 5.55. The fraction of sp³-hybridized carbons (Fsp3) is 0.350. The van der Waals surface area contributed by atoms with Crippen LogP contribution in [-0.4, -0.2) is 54.8 Å². The van der Waals surface area contributed by atoms with E-state index in [2.05, 4.69) is 20.3 Å². The van der Waals surface area contributed by atoms with E-state index in [4.69, 9.17) is 4.74 Å². The molecular formula is C20H20FN7O3. The quantitative estimate of drug-likeness (QED) is 0.526. The summed E-state index contributed by atoms with van der Waals surface area (Å²) in [6.45, 7) is 0.954. The minimum atomic E-state index is -0.397. The lowest BCUT2D eigenvalue weighted by molar-refractivity contribution is -0.121. The van der Waals surface area contributed by atoms with Gasteiger partial charge in [-0.2, -0.15) is 4.98 Å². The summed E-state index contributed by atoms with van der Waals surface area (Å²) in [5, 5.41) is 2.54. The van der Waals surface area contributed by atoms with E-state index in [0.29, 0.717) is 48.3 Å². The molecular weight excluding hydrogens is 405 g/mol. The zero-order chi connectivity index (χ0) is 21.5. The smallest absolute Gasteiger partial charge is 0.331 e. The van der Waals surface area contributed by atoms with Gasteiger partial charge in [0.05, 0.1) is 17.2 Å². The lowest BCUT2D eigenvalue weighted by atomic mass is 10.1. The molecule has 1 aliphatic heterocycles. The van der Waals surface area contributed by atoms with E-state index in [1.54, 1.807) is 15.2 Å². The molecule has 4 heterocycles. The third kappa shape index (κ3) is 3.26. The summed E-state index contributed by atoms with van der Waals surface area (Å²) < 4.78 is 23.8. The maximum Gasteiger partial charge on any atom is 0.331 e. The SMILES string of the molecule is CNC(=O)Cn1c(=O)n(C2CCOCC2)c2nc(-n3cnc4ccc(F)cc43)ncc21. The van der Waals surface area contributed by atoms with Crippen LogP contribution >= 0.6 is 0 Å². The zero-order valence-corrected chi connectivity index (χ0v) is 16.8. The van der Waals surface area contributed by atoms with E-state index in [0.717, 1.165) is 0 Å². The molecule has 0 unspecified atom stereocenters. The van der Waals surface area contributed by atoms with Crippen LogP contribution in [-0.2, 0) is 16.1 Å². The molecule has 0 saturated carbocycles. The van der Waals surface area contributed by atoms with Crippen molar-refractivity contribution >= 4 is 28.1 Å². The fourth-order valence-corrected chi connectivity index (χ4v) is 3.95. The predicted molar refractivity (Wildman–Crippen MR) is 110 cm³/mol. The van der Waals surface area contributed by atoms with E-state index < -0.39 is 5.82 Å². The van der Waals surface area contributed by atoms with Gasteiger partial charge in [-0.05, 0) is 25.0 Å². The van der Waals surface area contributed by atoms with E-state index in [1.807, 2.05) is 0 Å². The number of amides is 1. The molecule has 0 aliphatic carbocycles. The fourth-order valence-electron chi connectivity index (χ4n) is 3.95. The lowest BCUT2D eigenvalue weighted by Gasteiger charge is -2.22. The van der Waals surface area contributed by atoms with Crippen molar-refractivity contribution in [2.24, 2.45) is 0 Å². The average molecular weight is 425 g/mol. The van der Waals surface area contributed by atoms with Gasteiger partial charge in [-0.15, -0.1) is 0 Å². The summed E-state index contributed by atoms with van der Waals surface area (Å²) in [6.07, 6.45) is 4.36. The van der Waals surface area contributed by atoms with Gasteiger partial charge >= 0.3 is 5.69 Å². The van der Waals surface area contributed by atoms with Gasteiger partial charge < -0.3 is 10.1 Å². The van der Waals surface area contributed by atoms with E-state index >= 15 is 0 Å². The number of likely N-dealkylation sites (N-methyl/N-ethyl adjacent to an activating group) is 1. The first kappa shape index (κ1) is 19.4. The first-order valence-electron chi connectivity index (χ1n) is 9.96. The second kappa shape index (κ2) is 7.58. The second-order valence-corrected chi connectivity index (χ2v) is 7.38. The second-order valence-electron chi connectivity index (χ2n) is 7.38. The van der Waals surface area contributed by atoms with Crippen molar-refractivity contribution in [1.82, 2.24) is 34.0 Å². The van der Waals surface area contributed by atoms with E-state index in [1.165, 1.54) is 36.3 Å². The molecule has 1 aromatic carbocycles. The molecule has 4 aromatic rings. The van der Waals surface area contributed by atoms with Crippen molar-refractivity contribution in [1.29, 1.82) is 0 Å². The highest BCUT2D eigenvalue weighted by atomic mass is 19.1. The van der Waals surface area contributed by atoms with Gasteiger partial charge in [0.15, 0.2) is 5.65 Å². The number of fused-ring (bicyclic) bond motifs is 2. The Balaban J connectivity index is 1.71. The number of rotatable bonds is 4. The molecule has 10 nitrogen and oxygen atoms in total.